The van der Waals surface area contributed by atoms with Gasteiger partial charge in [-0.1, -0.05) is 0 Å². The molecule has 1 aliphatic carbocycles. The third kappa shape index (κ3) is 2.67. The molecule has 1 amide bonds. The van der Waals surface area contributed by atoms with Crippen LogP contribution >= 0.6 is 0 Å². The molecule has 124 valence electrons. The van der Waals surface area contributed by atoms with Gasteiger partial charge in [0, 0.05) is 37.2 Å². The lowest BCUT2D eigenvalue weighted by Crippen LogP contribution is -2.31. The second kappa shape index (κ2) is 5.94. The summed E-state index contributed by atoms with van der Waals surface area (Å²) in [4.78, 5) is 27.6. The molecule has 2 aromatic rings. The summed E-state index contributed by atoms with van der Waals surface area (Å²) in [7, 11) is 0. The van der Waals surface area contributed by atoms with E-state index in [4.69, 9.17) is 0 Å². The lowest BCUT2D eigenvalue weighted by atomic mass is 10.0. The molecule has 0 bridgehead atoms. The summed E-state index contributed by atoms with van der Waals surface area (Å²) < 4.78 is 0. The highest BCUT2D eigenvalue weighted by atomic mass is 16.3. The SMILES string of the molecule is Cc1nc(-c2cccnc2)ncc1C(=O)N1C[C@H]2CC(O)C[C@H]2C1. The zero-order valence-electron chi connectivity index (χ0n) is 13.6. The molecule has 0 spiro atoms. The Morgan fingerprint density at radius 3 is 2.62 bits per heavy atom. The third-order valence-electron chi connectivity index (χ3n) is 5.14. The van der Waals surface area contributed by atoms with Gasteiger partial charge in [-0.15, -0.1) is 0 Å². The monoisotopic (exact) mass is 324 g/mol. The summed E-state index contributed by atoms with van der Waals surface area (Å²) in [5.74, 6) is 1.44. The maximum atomic E-state index is 12.8. The van der Waals surface area contributed by atoms with Gasteiger partial charge in [0.05, 0.1) is 17.4 Å². The topological polar surface area (TPSA) is 79.2 Å². The predicted octanol–water partition coefficient (Wildman–Crippen LogP) is 1.69. The van der Waals surface area contributed by atoms with Crippen LogP contribution in [0.3, 0.4) is 0 Å². The van der Waals surface area contributed by atoms with E-state index < -0.39 is 0 Å². The van der Waals surface area contributed by atoms with Crippen molar-refractivity contribution in [3.63, 3.8) is 0 Å². The number of fused-ring (bicyclic) bond motifs is 1. The first kappa shape index (κ1) is 15.2. The third-order valence-corrected chi connectivity index (χ3v) is 5.14. The van der Waals surface area contributed by atoms with Crippen molar-refractivity contribution >= 4 is 5.91 Å². The number of rotatable bonds is 2. The minimum absolute atomic E-state index is 0.00544. The van der Waals surface area contributed by atoms with Gasteiger partial charge in [-0.2, -0.15) is 0 Å². The lowest BCUT2D eigenvalue weighted by Gasteiger charge is -2.19. The van der Waals surface area contributed by atoms with Crippen molar-refractivity contribution in [2.24, 2.45) is 11.8 Å². The summed E-state index contributed by atoms with van der Waals surface area (Å²) in [6, 6.07) is 3.74. The molecule has 2 aromatic heterocycles. The van der Waals surface area contributed by atoms with E-state index in [-0.39, 0.29) is 12.0 Å². The molecule has 1 saturated heterocycles. The molecule has 4 rings (SSSR count). The van der Waals surface area contributed by atoms with E-state index in [2.05, 4.69) is 15.0 Å². The van der Waals surface area contributed by atoms with Crippen molar-refractivity contribution in [1.29, 1.82) is 0 Å². The van der Waals surface area contributed by atoms with Gasteiger partial charge in [0.1, 0.15) is 0 Å². The van der Waals surface area contributed by atoms with Gasteiger partial charge >= 0.3 is 0 Å². The fraction of sp³-hybridized carbons (Fsp3) is 0.444. The van der Waals surface area contributed by atoms with Crippen molar-refractivity contribution in [3.05, 3.63) is 42.0 Å². The summed E-state index contributed by atoms with van der Waals surface area (Å²) in [6.07, 6.45) is 6.46. The average Bonchev–Trinajstić information content (AvgIpc) is 3.12. The van der Waals surface area contributed by atoms with Crippen LogP contribution in [0.5, 0.6) is 0 Å². The van der Waals surface area contributed by atoms with E-state index in [1.165, 1.54) is 0 Å². The minimum Gasteiger partial charge on any atom is -0.393 e. The molecule has 1 aliphatic heterocycles. The van der Waals surface area contributed by atoms with Crippen LogP contribution < -0.4 is 0 Å². The van der Waals surface area contributed by atoms with Gasteiger partial charge in [0.15, 0.2) is 5.82 Å². The smallest absolute Gasteiger partial charge is 0.257 e. The number of carbonyl (C=O) groups excluding carboxylic acids is 1. The van der Waals surface area contributed by atoms with Crippen LogP contribution in [0.4, 0.5) is 0 Å². The summed E-state index contributed by atoms with van der Waals surface area (Å²) >= 11 is 0. The highest BCUT2D eigenvalue weighted by Crippen LogP contribution is 2.38. The Labute approximate surface area is 140 Å². The largest absolute Gasteiger partial charge is 0.393 e. The van der Waals surface area contributed by atoms with Gasteiger partial charge in [-0.25, -0.2) is 9.97 Å². The molecule has 1 unspecified atom stereocenters. The van der Waals surface area contributed by atoms with Crippen molar-refractivity contribution in [2.45, 2.75) is 25.9 Å². The standard InChI is InChI=1S/C18H20N4O2/c1-11-16(8-20-17(21-11)12-3-2-4-19-7-12)18(24)22-9-13-5-15(23)6-14(13)10-22/h2-4,7-8,13-15,23H,5-6,9-10H2,1H3/t13-,14+,15?. The van der Waals surface area contributed by atoms with E-state index in [1.807, 2.05) is 24.0 Å². The van der Waals surface area contributed by atoms with E-state index in [0.717, 1.165) is 31.5 Å². The zero-order valence-corrected chi connectivity index (χ0v) is 13.6. The van der Waals surface area contributed by atoms with E-state index in [9.17, 15) is 9.90 Å². The number of likely N-dealkylation sites (tertiary alicyclic amines) is 1. The number of aromatic nitrogens is 3. The molecule has 3 heterocycles. The van der Waals surface area contributed by atoms with E-state index in [0.29, 0.717) is 28.9 Å². The summed E-state index contributed by atoms with van der Waals surface area (Å²) in [5, 5.41) is 9.73. The maximum Gasteiger partial charge on any atom is 0.257 e. The molecule has 6 heteroatoms. The number of aliphatic hydroxyl groups excluding tert-OH is 1. The number of hydrogen-bond donors (Lipinski definition) is 1. The second-order valence-corrected chi connectivity index (χ2v) is 6.79. The molecule has 1 saturated carbocycles. The van der Waals surface area contributed by atoms with Crippen LogP contribution in [-0.2, 0) is 0 Å². The Kier molecular flexibility index (Phi) is 3.76. The summed E-state index contributed by atoms with van der Waals surface area (Å²) in [5.41, 5.74) is 2.08. The number of nitrogens with zero attached hydrogens (tertiary/aromatic N) is 4. The lowest BCUT2D eigenvalue weighted by molar-refractivity contribution is 0.0763. The number of carbonyl (C=O) groups is 1. The number of aryl methyl sites for hydroxylation is 1. The molecular formula is C18H20N4O2. The Hall–Kier alpha value is -2.34. The van der Waals surface area contributed by atoms with Crippen LogP contribution in [0, 0.1) is 18.8 Å². The number of hydrogen-bond acceptors (Lipinski definition) is 5. The van der Waals surface area contributed by atoms with Crippen molar-refractivity contribution in [1.82, 2.24) is 19.9 Å². The molecule has 2 fully saturated rings. The molecule has 2 aliphatic rings. The molecule has 24 heavy (non-hydrogen) atoms. The summed E-state index contributed by atoms with van der Waals surface area (Å²) in [6.45, 7) is 3.30. The number of pyridine rings is 1. The molecule has 1 N–H and O–H groups in total. The highest BCUT2D eigenvalue weighted by molar-refractivity contribution is 5.95. The first-order chi connectivity index (χ1) is 11.6. The second-order valence-electron chi connectivity index (χ2n) is 6.79. The predicted molar refractivity (Wildman–Crippen MR) is 88.1 cm³/mol. The van der Waals surface area contributed by atoms with Crippen molar-refractivity contribution < 1.29 is 9.90 Å². The Morgan fingerprint density at radius 1 is 1.25 bits per heavy atom. The molecule has 6 nitrogen and oxygen atoms in total. The number of aliphatic hydroxyl groups is 1. The van der Waals surface area contributed by atoms with E-state index >= 15 is 0 Å². The molecule has 3 atom stereocenters. The molecule has 0 radical (unpaired) electrons. The van der Waals surface area contributed by atoms with Gasteiger partial charge in [0.2, 0.25) is 0 Å². The van der Waals surface area contributed by atoms with Crippen LogP contribution in [0.25, 0.3) is 11.4 Å². The van der Waals surface area contributed by atoms with Crippen molar-refractivity contribution in [2.75, 3.05) is 13.1 Å². The van der Waals surface area contributed by atoms with Crippen LogP contribution in [-0.4, -0.2) is 50.1 Å². The molecular weight excluding hydrogens is 304 g/mol. The van der Waals surface area contributed by atoms with E-state index in [1.54, 1.807) is 18.6 Å². The van der Waals surface area contributed by atoms with Crippen LogP contribution in [0.2, 0.25) is 0 Å². The van der Waals surface area contributed by atoms with Crippen molar-refractivity contribution in [3.8, 4) is 11.4 Å². The number of amides is 1. The maximum absolute atomic E-state index is 12.8. The Balaban J connectivity index is 1.53. The quantitative estimate of drug-likeness (QED) is 0.909. The Morgan fingerprint density at radius 2 is 2.00 bits per heavy atom. The first-order valence-corrected chi connectivity index (χ1v) is 8.33. The van der Waals surface area contributed by atoms with Gasteiger partial charge in [0.25, 0.3) is 5.91 Å². The van der Waals surface area contributed by atoms with Crippen LogP contribution in [0.1, 0.15) is 28.9 Å². The minimum atomic E-state index is -0.193. The average molecular weight is 324 g/mol. The van der Waals surface area contributed by atoms with Crippen LogP contribution in [0.15, 0.2) is 30.7 Å². The zero-order chi connectivity index (χ0) is 16.7. The molecule has 0 aromatic carbocycles. The fourth-order valence-electron chi connectivity index (χ4n) is 3.92. The highest BCUT2D eigenvalue weighted by Gasteiger charge is 2.42. The fourth-order valence-corrected chi connectivity index (χ4v) is 3.92. The Bertz CT molecular complexity index is 751. The van der Waals surface area contributed by atoms with Gasteiger partial charge in [-0.05, 0) is 43.7 Å². The normalized spacial score (nSPS) is 25.8. The van der Waals surface area contributed by atoms with Gasteiger partial charge in [-0.3, -0.25) is 9.78 Å². The van der Waals surface area contributed by atoms with Gasteiger partial charge < -0.3 is 10.0 Å². The first-order valence-electron chi connectivity index (χ1n) is 8.33.